The van der Waals surface area contributed by atoms with Gasteiger partial charge >= 0.3 is 0 Å². The lowest BCUT2D eigenvalue weighted by molar-refractivity contribution is 0.595. The predicted molar refractivity (Wildman–Crippen MR) is 67.9 cm³/mol. The largest absolute Gasteiger partial charge is 0.0806 e. The van der Waals surface area contributed by atoms with Crippen LogP contribution in [0.5, 0.6) is 0 Å². The first-order valence-corrected chi connectivity index (χ1v) is 4.51. The Balaban J connectivity index is 0. The second-order valence-corrected chi connectivity index (χ2v) is 3.53. The molecular weight excluding hydrogens is 167 g/mol. The highest BCUT2D eigenvalue weighted by atomic mass is 14.2. The Bertz CT molecular complexity index is 226. The van der Waals surface area contributed by atoms with Crippen molar-refractivity contribution in [1.29, 1.82) is 0 Å². The van der Waals surface area contributed by atoms with Crippen LogP contribution in [-0.2, 0) is 5.31 Å². The summed E-state index contributed by atoms with van der Waals surface area (Å²) in [6, 6.07) is 10.3. The van der Waals surface area contributed by atoms with Crippen LogP contribution >= 0.6 is 0 Å². The van der Waals surface area contributed by atoms with Gasteiger partial charge < -0.3 is 0 Å². The van der Waals surface area contributed by atoms with Gasteiger partial charge in [-0.1, -0.05) is 77.4 Å². The summed E-state index contributed by atoms with van der Waals surface area (Å²) in [5.41, 5.74) is 1.23. The first-order chi connectivity index (χ1) is 5.67. The van der Waals surface area contributed by atoms with E-state index in [1.807, 2.05) is 18.2 Å². The summed E-state index contributed by atoms with van der Waals surface area (Å²) >= 11 is 0. The Morgan fingerprint density at radius 1 is 1.14 bits per heavy atom. The van der Waals surface area contributed by atoms with E-state index in [1.54, 1.807) is 0 Å². The van der Waals surface area contributed by atoms with Gasteiger partial charge in [-0.15, -0.1) is 0 Å². The number of benzene rings is 1. The first-order valence-electron chi connectivity index (χ1n) is 4.51. The second-order valence-electron chi connectivity index (χ2n) is 3.53. The third kappa shape index (κ3) is 4.00. The minimum absolute atomic E-state index is 0. The minimum Gasteiger partial charge on any atom is -0.0776 e. The van der Waals surface area contributed by atoms with E-state index in [9.17, 15) is 0 Å². The van der Waals surface area contributed by atoms with Crippen LogP contribution < -0.4 is 0 Å². The number of rotatable bonds is 3. The molecule has 0 nitrogen and oxygen atoms in total. The summed E-state index contributed by atoms with van der Waals surface area (Å²) in [6.07, 6.45) is 2.17. The van der Waals surface area contributed by atoms with Gasteiger partial charge in [-0.25, -0.2) is 0 Å². The van der Waals surface area contributed by atoms with Gasteiger partial charge in [-0.05, 0) is 5.31 Å². The monoisotopic (exact) mass is 190 g/mol. The van der Waals surface area contributed by atoms with E-state index in [0.717, 1.165) is 12.8 Å². The van der Waals surface area contributed by atoms with E-state index in [0.29, 0.717) is 0 Å². The summed E-state index contributed by atoms with van der Waals surface area (Å²) < 4.78 is 0. The van der Waals surface area contributed by atoms with Crippen LogP contribution in [0.1, 0.15) is 47.1 Å². The van der Waals surface area contributed by atoms with Gasteiger partial charge in [0.25, 0.3) is 0 Å². The van der Waals surface area contributed by atoms with Crippen LogP contribution in [0.15, 0.2) is 30.3 Å². The van der Waals surface area contributed by atoms with Crippen LogP contribution in [0.4, 0.5) is 0 Å². The topological polar surface area (TPSA) is 0 Å². The molecule has 0 bridgehead atoms. The molecule has 0 aliphatic heterocycles. The highest BCUT2D eigenvalue weighted by Gasteiger charge is 2.17. The van der Waals surface area contributed by atoms with Crippen molar-refractivity contribution in [3.8, 4) is 0 Å². The molecular formula is C13H23B. The Hall–Kier alpha value is -0.715. The highest BCUT2D eigenvalue weighted by molar-refractivity contribution is 6.15. The fourth-order valence-electron chi connectivity index (χ4n) is 1.48. The molecule has 0 spiro atoms. The molecule has 1 heteroatoms. The van der Waals surface area contributed by atoms with E-state index in [4.69, 9.17) is 7.85 Å². The summed E-state index contributed by atoms with van der Waals surface area (Å²) in [5, 5.41) is -0.157. The van der Waals surface area contributed by atoms with E-state index in [1.165, 1.54) is 5.56 Å². The molecule has 1 unspecified atom stereocenters. The van der Waals surface area contributed by atoms with Crippen LogP contribution in [-0.4, -0.2) is 7.85 Å². The van der Waals surface area contributed by atoms with Crippen LogP contribution in [0.3, 0.4) is 0 Å². The Kier molecular flexibility index (Phi) is 7.53. The molecule has 1 rings (SSSR count). The molecule has 0 saturated heterocycles. The van der Waals surface area contributed by atoms with E-state index in [-0.39, 0.29) is 20.2 Å². The molecule has 1 aromatic rings. The number of hydrogen-bond donors (Lipinski definition) is 0. The highest BCUT2D eigenvalue weighted by Crippen LogP contribution is 2.24. The maximum Gasteiger partial charge on any atom is 0.0806 e. The van der Waals surface area contributed by atoms with Crippen molar-refractivity contribution in [2.24, 2.45) is 0 Å². The molecule has 0 amide bonds. The van der Waals surface area contributed by atoms with Crippen LogP contribution in [0.2, 0.25) is 0 Å². The molecule has 0 aliphatic carbocycles. The second kappa shape index (κ2) is 6.70. The fourth-order valence-corrected chi connectivity index (χ4v) is 1.48. The fraction of sp³-hybridized carbons (Fsp3) is 0.538. The smallest absolute Gasteiger partial charge is 0.0776 e. The van der Waals surface area contributed by atoms with Crippen molar-refractivity contribution >= 4 is 7.85 Å². The molecule has 0 aromatic heterocycles. The lowest BCUT2D eigenvalue weighted by Gasteiger charge is -2.24. The zero-order valence-corrected chi connectivity index (χ0v) is 7.88. The average Bonchev–Trinajstić information content (AvgIpc) is 2.06. The van der Waals surface area contributed by atoms with Crippen molar-refractivity contribution < 1.29 is 0 Å². The summed E-state index contributed by atoms with van der Waals surface area (Å²) in [4.78, 5) is 0. The van der Waals surface area contributed by atoms with Crippen LogP contribution in [0, 0.1) is 0 Å². The van der Waals surface area contributed by atoms with Crippen molar-refractivity contribution in [3.05, 3.63) is 35.9 Å². The van der Waals surface area contributed by atoms with Crippen LogP contribution in [0.25, 0.3) is 0 Å². The van der Waals surface area contributed by atoms with Gasteiger partial charge in [-0.3, -0.25) is 0 Å². The molecule has 0 saturated carbocycles. The Labute approximate surface area is 91.1 Å². The van der Waals surface area contributed by atoms with Gasteiger partial charge in [0.2, 0.25) is 0 Å². The van der Waals surface area contributed by atoms with Crippen molar-refractivity contribution in [1.82, 2.24) is 0 Å². The van der Waals surface area contributed by atoms with Gasteiger partial charge in [0, 0.05) is 0 Å². The molecule has 1 aromatic carbocycles. The summed E-state index contributed by atoms with van der Waals surface area (Å²) in [6.45, 7) is 4.25. The lowest BCUT2D eigenvalue weighted by atomic mass is 9.63. The summed E-state index contributed by atoms with van der Waals surface area (Å²) in [5.74, 6) is 0. The number of hydrogen-bond acceptors (Lipinski definition) is 0. The van der Waals surface area contributed by atoms with E-state index >= 15 is 0 Å². The first kappa shape index (κ1) is 15.7. The molecule has 0 fully saturated rings. The predicted octanol–water partition coefficient (Wildman–Crippen LogP) is 4.14. The molecule has 0 N–H and O–H groups in total. The van der Waals surface area contributed by atoms with Gasteiger partial charge in [0.1, 0.15) is 0 Å². The maximum atomic E-state index is 6.15. The minimum atomic E-state index is -0.157. The van der Waals surface area contributed by atoms with Crippen molar-refractivity contribution in [2.45, 2.75) is 46.9 Å². The Morgan fingerprint density at radius 3 is 2.07 bits per heavy atom. The third-order valence-corrected chi connectivity index (χ3v) is 2.20. The standard InChI is InChI=1S/C11H15B.2CH4/c1-3-9-11(2,12)10-7-5-4-6-8-10;;/h4-8H,3,9H2,1-2H3;2*1H4. The van der Waals surface area contributed by atoms with Gasteiger partial charge in [0.15, 0.2) is 0 Å². The summed E-state index contributed by atoms with van der Waals surface area (Å²) in [7, 11) is 6.15. The zero-order chi connectivity index (χ0) is 9.03. The third-order valence-electron chi connectivity index (χ3n) is 2.20. The molecule has 0 heterocycles. The van der Waals surface area contributed by atoms with Crippen molar-refractivity contribution in [3.63, 3.8) is 0 Å². The Morgan fingerprint density at radius 2 is 1.64 bits per heavy atom. The van der Waals surface area contributed by atoms with E-state index < -0.39 is 0 Å². The SMILES string of the molecule is C.C.[B]C(C)(CCC)c1ccccc1. The molecule has 1 atom stereocenters. The zero-order valence-electron chi connectivity index (χ0n) is 7.88. The van der Waals surface area contributed by atoms with Crippen molar-refractivity contribution in [2.75, 3.05) is 0 Å². The normalized spacial score (nSPS) is 13.3. The lowest BCUT2D eigenvalue weighted by Crippen LogP contribution is -2.21. The van der Waals surface area contributed by atoms with Gasteiger partial charge in [-0.2, -0.15) is 0 Å². The quantitative estimate of drug-likeness (QED) is 0.628. The molecule has 14 heavy (non-hydrogen) atoms. The van der Waals surface area contributed by atoms with Gasteiger partial charge in [0.05, 0.1) is 7.85 Å². The molecule has 2 radical (unpaired) electrons. The maximum absolute atomic E-state index is 6.15. The molecule has 78 valence electrons. The molecule has 0 aliphatic rings. The van der Waals surface area contributed by atoms with E-state index in [2.05, 4.69) is 26.0 Å². The average molecular weight is 190 g/mol.